The first-order valence-corrected chi connectivity index (χ1v) is 7.39. The number of carboxylic acid groups (broad SMARTS) is 1. The lowest BCUT2D eigenvalue weighted by Crippen LogP contribution is -2.39. The summed E-state index contributed by atoms with van der Waals surface area (Å²) in [5, 5.41) is 13.7. The molecular weight excluding hydrogens is 341 g/mol. The molecule has 0 atom stereocenters. The first-order valence-electron chi connectivity index (χ1n) is 7.39. The van der Waals surface area contributed by atoms with Crippen molar-refractivity contribution < 1.29 is 32.7 Å². The molecule has 1 aromatic rings. The number of aliphatic carboxylic acids is 1. The summed E-state index contributed by atoms with van der Waals surface area (Å²) in [5.41, 5.74) is -1.87. The molecule has 3 N–H and O–H groups in total. The van der Waals surface area contributed by atoms with Gasteiger partial charge < -0.3 is 15.7 Å². The minimum absolute atomic E-state index is 0.00666. The Bertz CT molecular complexity index is 640. The number of hydrogen-bond donors (Lipinski definition) is 3. The summed E-state index contributed by atoms with van der Waals surface area (Å²) < 4.78 is 37.3. The zero-order valence-corrected chi connectivity index (χ0v) is 13.7. The molecule has 2 amide bonds. The Morgan fingerprint density at radius 3 is 2.08 bits per heavy atom. The van der Waals surface area contributed by atoms with E-state index in [0.29, 0.717) is 0 Å². The predicted molar refractivity (Wildman–Crippen MR) is 82.8 cm³/mol. The van der Waals surface area contributed by atoms with Gasteiger partial charge in [-0.15, -0.1) is 0 Å². The third-order valence-corrected chi connectivity index (χ3v) is 3.54. The van der Waals surface area contributed by atoms with Gasteiger partial charge in [0, 0.05) is 12.1 Å². The minimum atomic E-state index is -4.49. The van der Waals surface area contributed by atoms with Crippen molar-refractivity contribution >= 4 is 17.8 Å². The van der Waals surface area contributed by atoms with Gasteiger partial charge >= 0.3 is 12.1 Å². The van der Waals surface area contributed by atoms with E-state index >= 15 is 0 Å². The first-order chi connectivity index (χ1) is 11.4. The molecule has 6 nitrogen and oxygen atoms in total. The summed E-state index contributed by atoms with van der Waals surface area (Å²) in [6.07, 6.45) is -4.28. The summed E-state index contributed by atoms with van der Waals surface area (Å²) in [6.45, 7) is 2.80. The molecular formula is C16H19F3N2O4. The number of carbonyl (C=O) groups is 3. The van der Waals surface area contributed by atoms with Crippen LogP contribution in [0.2, 0.25) is 0 Å². The smallest absolute Gasteiger partial charge is 0.416 e. The van der Waals surface area contributed by atoms with E-state index in [1.54, 1.807) is 0 Å². The Labute approximate surface area is 142 Å². The maximum Gasteiger partial charge on any atom is 0.416 e. The predicted octanol–water partition coefficient (Wildman–Crippen LogP) is 2.05. The van der Waals surface area contributed by atoms with Crippen molar-refractivity contribution in [3.05, 3.63) is 35.4 Å². The van der Waals surface area contributed by atoms with E-state index in [1.165, 1.54) is 13.8 Å². The SMILES string of the molecule is CC(C)(CCNC(=O)CNC(=O)c1ccc(C(F)(F)F)cc1)C(=O)O. The molecule has 1 rings (SSSR count). The molecule has 9 heteroatoms. The van der Waals surface area contributed by atoms with Crippen LogP contribution in [0.3, 0.4) is 0 Å². The fourth-order valence-corrected chi connectivity index (χ4v) is 1.76. The fraction of sp³-hybridized carbons (Fsp3) is 0.438. The van der Waals surface area contributed by atoms with Crippen LogP contribution in [-0.4, -0.2) is 36.0 Å². The summed E-state index contributed by atoms with van der Waals surface area (Å²) in [4.78, 5) is 34.3. The fourth-order valence-electron chi connectivity index (χ4n) is 1.76. The van der Waals surface area contributed by atoms with Gasteiger partial charge in [-0.2, -0.15) is 13.2 Å². The van der Waals surface area contributed by atoms with E-state index in [2.05, 4.69) is 10.6 Å². The number of carbonyl (C=O) groups excluding carboxylic acids is 2. The van der Waals surface area contributed by atoms with Crippen LogP contribution in [0.1, 0.15) is 36.2 Å². The Hall–Kier alpha value is -2.58. The van der Waals surface area contributed by atoms with Gasteiger partial charge in [0.25, 0.3) is 5.91 Å². The molecule has 0 unspecified atom stereocenters. The highest BCUT2D eigenvalue weighted by Gasteiger charge is 2.30. The molecule has 0 aliphatic rings. The van der Waals surface area contributed by atoms with Gasteiger partial charge in [-0.05, 0) is 44.5 Å². The number of rotatable bonds is 7. The Morgan fingerprint density at radius 1 is 1.04 bits per heavy atom. The van der Waals surface area contributed by atoms with Crippen molar-refractivity contribution in [2.24, 2.45) is 5.41 Å². The minimum Gasteiger partial charge on any atom is -0.481 e. The molecule has 0 radical (unpaired) electrons. The highest BCUT2D eigenvalue weighted by molar-refractivity contribution is 5.96. The van der Waals surface area contributed by atoms with E-state index < -0.39 is 34.9 Å². The standard InChI is InChI=1S/C16H19F3N2O4/c1-15(2,14(24)25)7-8-20-12(22)9-21-13(23)10-3-5-11(6-4-10)16(17,18)19/h3-6H,7-9H2,1-2H3,(H,20,22)(H,21,23)(H,24,25). The lowest BCUT2D eigenvalue weighted by Gasteiger charge is -2.18. The second-order valence-electron chi connectivity index (χ2n) is 6.05. The summed E-state index contributed by atoms with van der Waals surface area (Å²) in [5.74, 6) is -2.20. The van der Waals surface area contributed by atoms with Gasteiger partial charge in [-0.1, -0.05) is 0 Å². The maximum absolute atomic E-state index is 12.4. The van der Waals surface area contributed by atoms with Gasteiger partial charge in [0.15, 0.2) is 0 Å². The molecule has 0 saturated heterocycles. The van der Waals surface area contributed by atoms with Crippen molar-refractivity contribution in [3.8, 4) is 0 Å². The van der Waals surface area contributed by atoms with Crippen molar-refractivity contribution in [2.45, 2.75) is 26.4 Å². The van der Waals surface area contributed by atoms with Crippen molar-refractivity contribution in [2.75, 3.05) is 13.1 Å². The largest absolute Gasteiger partial charge is 0.481 e. The topological polar surface area (TPSA) is 95.5 Å². The Balaban J connectivity index is 2.43. The molecule has 0 fully saturated rings. The van der Waals surface area contributed by atoms with Crippen molar-refractivity contribution in [1.29, 1.82) is 0 Å². The second-order valence-corrected chi connectivity index (χ2v) is 6.05. The van der Waals surface area contributed by atoms with Gasteiger partial charge in [0.1, 0.15) is 0 Å². The van der Waals surface area contributed by atoms with Crippen LogP contribution in [0.4, 0.5) is 13.2 Å². The van der Waals surface area contributed by atoms with Crippen molar-refractivity contribution in [3.63, 3.8) is 0 Å². The van der Waals surface area contributed by atoms with Crippen LogP contribution < -0.4 is 10.6 Å². The van der Waals surface area contributed by atoms with E-state index in [9.17, 15) is 27.6 Å². The molecule has 25 heavy (non-hydrogen) atoms. The number of nitrogens with one attached hydrogen (secondary N) is 2. The van der Waals surface area contributed by atoms with E-state index in [1.807, 2.05) is 0 Å². The third kappa shape index (κ3) is 6.44. The van der Waals surface area contributed by atoms with Gasteiger partial charge in [0.05, 0.1) is 17.5 Å². The van der Waals surface area contributed by atoms with Crippen LogP contribution in [0, 0.1) is 5.41 Å². The Kier molecular flexibility index (Phi) is 6.55. The average molecular weight is 360 g/mol. The molecule has 0 aliphatic heterocycles. The molecule has 0 saturated carbocycles. The highest BCUT2D eigenvalue weighted by Crippen LogP contribution is 2.29. The number of benzene rings is 1. The lowest BCUT2D eigenvalue weighted by molar-refractivity contribution is -0.147. The Morgan fingerprint density at radius 2 is 1.60 bits per heavy atom. The molecule has 0 bridgehead atoms. The molecule has 138 valence electrons. The first kappa shape index (κ1) is 20.5. The van der Waals surface area contributed by atoms with E-state index in [-0.39, 0.29) is 25.1 Å². The number of alkyl halides is 3. The number of hydrogen-bond acceptors (Lipinski definition) is 3. The maximum atomic E-state index is 12.4. The quantitative estimate of drug-likeness (QED) is 0.694. The summed E-state index contributed by atoms with van der Waals surface area (Å²) >= 11 is 0. The average Bonchev–Trinajstić information content (AvgIpc) is 2.51. The molecule has 0 heterocycles. The second kappa shape index (κ2) is 8.00. The van der Waals surface area contributed by atoms with E-state index in [4.69, 9.17) is 5.11 Å². The zero-order valence-electron chi connectivity index (χ0n) is 13.7. The van der Waals surface area contributed by atoms with Crippen LogP contribution in [0.25, 0.3) is 0 Å². The zero-order chi connectivity index (χ0) is 19.3. The molecule has 0 aromatic heterocycles. The van der Waals surface area contributed by atoms with Gasteiger partial charge in [-0.3, -0.25) is 14.4 Å². The monoisotopic (exact) mass is 360 g/mol. The normalized spacial score (nSPS) is 11.7. The highest BCUT2D eigenvalue weighted by atomic mass is 19.4. The molecule has 0 spiro atoms. The van der Waals surface area contributed by atoms with Crippen LogP contribution >= 0.6 is 0 Å². The molecule has 0 aliphatic carbocycles. The molecule has 1 aromatic carbocycles. The number of amides is 2. The van der Waals surface area contributed by atoms with Crippen molar-refractivity contribution in [1.82, 2.24) is 10.6 Å². The number of carboxylic acids is 1. The third-order valence-electron chi connectivity index (χ3n) is 3.54. The van der Waals surface area contributed by atoms with Gasteiger partial charge in [0.2, 0.25) is 5.91 Å². The lowest BCUT2D eigenvalue weighted by atomic mass is 9.90. The summed E-state index contributed by atoms with van der Waals surface area (Å²) in [6, 6.07) is 3.60. The summed E-state index contributed by atoms with van der Waals surface area (Å²) in [7, 11) is 0. The van der Waals surface area contributed by atoms with Crippen LogP contribution in [0.5, 0.6) is 0 Å². The van der Waals surface area contributed by atoms with E-state index in [0.717, 1.165) is 24.3 Å². The number of halogens is 3. The van der Waals surface area contributed by atoms with Crippen LogP contribution in [-0.2, 0) is 15.8 Å². The van der Waals surface area contributed by atoms with Crippen LogP contribution in [0.15, 0.2) is 24.3 Å². The van der Waals surface area contributed by atoms with Gasteiger partial charge in [-0.25, -0.2) is 0 Å².